The van der Waals surface area contributed by atoms with Gasteiger partial charge in [-0.25, -0.2) is 0 Å². The molecule has 0 atom stereocenters. The first kappa shape index (κ1) is 9.26. The first-order valence-corrected chi connectivity index (χ1v) is 5.27. The van der Waals surface area contributed by atoms with E-state index in [1.165, 1.54) is 22.3 Å². The van der Waals surface area contributed by atoms with Gasteiger partial charge in [0.1, 0.15) is 0 Å². The van der Waals surface area contributed by atoms with Gasteiger partial charge in [-0.05, 0) is 36.5 Å². The molecule has 2 rings (SSSR count). The Labute approximate surface area is 86.0 Å². The molecular weight excluding hydrogens is 168 g/mol. The van der Waals surface area contributed by atoms with Crippen LogP contribution in [-0.2, 0) is 0 Å². The van der Waals surface area contributed by atoms with E-state index in [4.69, 9.17) is 0 Å². The predicted octanol–water partition coefficient (Wildman–Crippen LogP) is 4.20. The molecule has 0 heterocycles. The first-order chi connectivity index (χ1) is 6.83. The molecule has 14 heavy (non-hydrogen) atoms. The summed E-state index contributed by atoms with van der Waals surface area (Å²) in [6.07, 6.45) is 4.59. The van der Waals surface area contributed by atoms with Gasteiger partial charge in [-0.2, -0.15) is 0 Å². The SMILES string of the molecule is CCC1=C(c2ccccc2)CC=C1C. The molecule has 0 nitrogen and oxygen atoms in total. The fraction of sp³-hybridized carbons (Fsp3) is 0.286. The zero-order valence-electron chi connectivity index (χ0n) is 8.88. The summed E-state index contributed by atoms with van der Waals surface area (Å²) >= 11 is 0. The number of rotatable bonds is 2. The third-order valence-electron chi connectivity index (χ3n) is 2.93. The summed E-state index contributed by atoms with van der Waals surface area (Å²) in [5.74, 6) is 0. The van der Waals surface area contributed by atoms with Gasteiger partial charge in [0.15, 0.2) is 0 Å². The quantitative estimate of drug-likeness (QED) is 0.646. The molecule has 0 fully saturated rings. The zero-order valence-corrected chi connectivity index (χ0v) is 8.88. The Kier molecular flexibility index (Phi) is 2.53. The first-order valence-electron chi connectivity index (χ1n) is 5.27. The molecule has 1 aliphatic rings. The van der Waals surface area contributed by atoms with E-state index < -0.39 is 0 Å². The van der Waals surface area contributed by atoms with Crippen LogP contribution in [-0.4, -0.2) is 0 Å². The highest BCUT2D eigenvalue weighted by molar-refractivity contribution is 5.76. The molecule has 1 aliphatic carbocycles. The topological polar surface area (TPSA) is 0 Å². The van der Waals surface area contributed by atoms with Gasteiger partial charge < -0.3 is 0 Å². The number of benzene rings is 1. The van der Waals surface area contributed by atoms with Crippen LogP contribution in [0.4, 0.5) is 0 Å². The van der Waals surface area contributed by atoms with Crippen LogP contribution < -0.4 is 0 Å². The van der Waals surface area contributed by atoms with Crippen molar-refractivity contribution in [2.45, 2.75) is 26.7 Å². The van der Waals surface area contributed by atoms with Crippen LogP contribution in [0.1, 0.15) is 32.3 Å². The molecule has 0 spiro atoms. The van der Waals surface area contributed by atoms with Gasteiger partial charge in [0.05, 0.1) is 0 Å². The molecule has 0 aromatic heterocycles. The average Bonchev–Trinajstić information content (AvgIpc) is 2.61. The lowest BCUT2D eigenvalue weighted by atomic mass is 9.98. The van der Waals surface area contributed by atoms with Gasteiger partial charge in [-0.15, -0.1) is 0 Å². The fourth-order valence-corrected chi connectivity index (χ4v) is 2.16. The monoisotopic (exact) mass is 184 g/mol. The van der Waals surface area contributed by atoms with Crippen LogP contribution >= 0.6 is 0 Å². The Bertz CT molecular complexity index is 380. The second-order valence-electron chi connectivity index (χ2n) is 3.77. The Morgan fingerprint density at radius 3 is 2.50 bits per heavy atom. The smallest absolute Gasteiger partial charge is 0.00829 e. The molecule has 0 amide bonds. The second-order valence-corrected chi connectivity index (χ2v) is 3.77. The normalized spacial score (nSPS) is 16.0. The van der Waals surface area contributed by atoms with Crippen LogP contribution in [0, 0.1) is 0 Å². The van der Waals surface area contributed by atoms with Crippen molar-refractivity contribution in [3.63, 3.8) is 0 Å². The highest BCUT2D eigenvalue weighted by atomic mass is 14.2. The summed E-state index contributed by atoms with van der Waals surface area (Å²) in [5.41, 5.74) is 5.91. The van der Waals surface area contributed by atoms with E-state index in [9.17, 15) is 0 Å². The van der Waals surface area contributed by atoms with E-state index in [1.807, 2.05) is 0 Å². The largest absolute Gasteiger partial charge is 0.0769 e. The summed E-state index contributed by atoms with van der Waals surface area (Å²) in [5, 5.41) is 0. The van der Waals surface area contributed by atoms with Crippen LogP contribution in [0.15, 0.2) is 47.6 Å². The van der Waals surface area contributed by atoms with Gasteiger partial charge in [-0.1, -0.05) is 48.9 Å². The minimum atomic E-state index is 1.11. The maximum Gasteiger partial charge on any atom is -0.00829 e. The Hall–Kier alpha value is -1.30. The standard InChI is InChI=1S/C14H16/c1-3-13-11(2)9-10-14(13)12-7-5-4-6-8-12/h4-9H,3,10H2,1-2H3. The molecule has 72 valence electrons. The van der Waals surface area contributed by atoms with Gasteiger partial charge >= 0.3 is 0 Å². The maximum absolute atomic E-state index is 2.33. The van der Waals surface area contributed by atoms with Gasteiger partial charge in [0.25, 0.3) is 0 Å². The van der Waals surface area contributed by atoms with Crippen LogP contribution in [0.2, 0.25) is 0 Å². The lowest BCUT2D eigenvalue weighted by molar-refractivity contribution is 1.12. The van der Waals surface area contributed by atoms with E-state index in [1.54, 1.807) is 0 Å². The summed E-state index contributed by atoms with van der Waals surface area (Å²) in [4.78, 5) is 0. The Morgan fingerprint density at radius 2 is 1.86 bits per heavy atom. The highest BCUT2D eigenvalue weighted by Crippen LogP contribution is 2.34. The van der Waals surface area contributed by atoms with E-state index >= 15 is 0 Å². The summed E-state index contributed by atoms with van der Waals surface area (Å²) < 4.78 is 0. The van der Waals surface area contributed by atoms with Crippen molar-refractivity contribution in [2.75, 3.05) is 0 Å². The third-order valence-corrected chi connectivity index (χ3v) is 2.93. The van der Waals surface area contributed by atoms with Crippen LogP contribution in [0.3, 0.4) is 0 Å². The van der Waals surface area contributed by atoms with Crippen molar-refractivity contribution in [1.82, 2.24) is 0 Å². The molecule has 0 saturated carbocycles. The molecule has 1 aromatic carbocycles. The lowest BCUT2D eigenvalue weighted by Gasteiger charge is -2.07. The van der Waals surface area contributed by atoms with Gasteiger partial charge in [0.2, 0.25) is 0 Å². The molecule has 1 aromatic rings. The van der Waals surface area contributed by atoms with Crippen molar-refractivity contribution in [3.05, 3.63) is 53.1 Å². The van der Waals surface area contributed by atoms with Crippen LogP contribution in [0.25, 0.3) is 5.57 Å². The summed E-state index contributed by atoms with van der Waals surface area (Å²) in [6, 6.07) is 10.7. The predicted molar refractivity (Wildman–Crippen MR) is 62.0 cm³/mol. The highest BCUT2D eigenvalue weighted by Gasteiger charge is 2.13. The average molecular weight is 184 g/mol. The van der Waals surface area contributed by atoms with E-state index in [0.29, 0.717) is 0 Å². The van der Waals surface area contributed by atoms with Crippen molar-refractivity contribution >= 4 is 5.57 Å². The maximum atomic E-state index is 2.33. The molecule has 0 unspecified atom stereocenters. The van der Waals surface area contributed by atoms with Crippen molar-refractivity contribution in [1.29, 1.82) is 0 Å². The molecule has 0 aliphatic heterocycles. The van der Waals surface area contributed by atoms with Crippen molar-refractivity contribution < 1.29 is 0 Å². The number of hydrogen-bond donors (Lipinski definition) is 0. The van der Waals surface area contributed by atoms with Gasteiger partial charge in [-0.3, -0.25) is 0 Å². The third kappa shape index (κ3) is 1.52. The van der Waals surface area contributed by atoms with Crippen LogP contribution in [0.5, 0.6) is 0 Å². The zero-order chi connectivity index (χ0) is 9.97. The number of allylic oxidation sites excluding steroid dienone is 4. The Balaban J connectivity index is 2.42. The van der Waals surface area contributed by atoms with E-state index in [2.05, 4.69) is 50.3 Å². The second kappa shape index (κ2) is 3.83. The Morgan fingerprint density at radius 1 is 1.14 bits per heavy atom. The van der Waals surface area contributed by atoms with E-state index in [0.717, 1.165) is 12.8 Å². The minimum Gasteiger partial charge on any atom is -0.0769 e. The minimum absolute atomic E-state index is 1.11. The fourth-order valence-electron chi connectivity index (χ4n) is 2.16. The molecule has 0 radical (unpaired) electrons. The van der Waals surface area contributed by atoms with Gasteiger partial charge in [0, 0.05) is 0 Å². The number of hydrogen-bond acceptors (Lipinski definition) is 0. The lowest BCUT2D eigenvalue weighted by Crippen LogP contribution is -1.86. The van der Waals surface area contributed by atoms with Crippen molar-refractivity contribution in [2.24, 2.45) is 0 Å². The molecule has 0 bridgehead atoms. The molecule has 0 N–H and O–H groups in total. The molecular formula is C14H16. The summed E-state index contributed by atoms with van der Waals surface area (Å²) in [6.45, 7) is 4.45. The molecule has 0 saturated heterocycles. The summed E-state index contributed by atoms with van der Waals surface area (Å²) in [7, 11) is 0. The molecule has 0 heteroatoms. The van der Waals surface area contributed by atoms with E-state index in [-0.39, 0.29) is 0 Å². The van der Waals surface area contributed by atoms with Crippen molar-refractivity contribution in [3.8, 4) is 0 Å².